The summed E-state index contributed by atoms with van der Waals surface area (Å²) in [6, 6.07) is 9.17. The van der Waals surface area contributed by atoms with E-state index >= 15 is 0 Å². The van der Waals surface area contributed by atoms with Crippen molar-refractivity contribution in [2.24, 2.45) is 0 Å². The number of halogens is 2. The first-order chi connectivity index (χ1) is 12.3. The first-order valence-corrected chi connectivity index (χ1v) is 9.47. The van der Waals surface area contributed by atoms with Gasteiger partial charge in [-0.15, -0.1) is 0 Å². The number of rotatable bonds is 2. The summed E-state index contributed by atoms with van der Waals surface area (Å²) in [5, 5.41) is 0.945. The molecular weight excluding hydrogens is 369 g/mol. The van der Waals surface area contributed by atoms with E-state index in [1.54, 1.807) is 18.2 Å². The SMILES string of the molecule is CC(C)(C)c1ccc(N2CCN(C(=O)c3cc(Cl)ccc3Cl)CC2)nc1. The van der Waals surface area contributed by atoms with Crippen LogP contribution in [0.15, 0.2) is 36.5 Å². The lowest BCUT2D eigenvalue weighted by Crippen LogP contribution is -2.49. The molecule has 1 saturated heterocycles. The van der Waals surface area contributed by atoms with Gasteiger partial charge in [-0.2, -0.15) is 0 Å². The zero-order valence-corrected chi connectivity index (χ0v) is 16.8. The van der Waals surface area contributed by atoms with Crippen molar-refractivity contribution in [1.82, 2.24) is 9.88 Å². The highest BCUT2D eigenvalue weighted by Gasteiger charge is 2.24. The van der Waals surface area contributed by atoms with E-state index in [2.05, 4.69) is 42.8 Å². The van der Waals surface area contributed by atoms with Crippen LogP contribution in [0.4, 0.5) is 5.82 Å². The molecule has 0 radical (unpaired) electrons. The molecule has 2 heterocycles. The number of hydrogen-bond donors (Lipinski definition) is 0. The molecule has 1 fully saturated rings. The van der Waals surface area contributed by atoms with E-state index in [4.69, 9.17) is 23.2 Å². The van der Waals surface area contributed by atoms with Crippen LogP contribution in [0, 0.1) is 0 Å². The van der Waals surface area contributed by atoms with Crippen LogP contribution in [0.1, 0.15) is 36.7 Å². The summed E-state index contributed by atoms with van der Waals surface area (Å²) >= 11 is 12.2. The largest absolute Gasteiger partial charge is 0.353 e. The first-order valence-electron chi connectivity index (χ1n) is 8.71. The number of benzene rings is 1. The predicted molar refractivity (Wildman–Crippen MR) is 108 cm³/mol. The van der Waals surface area contributed by atoms with E-state index in [-0.39, 0.29) is 11.3 Å². The molecule has 1 aromatic heterocycles. The molecule has 2 aromatic rings. The van der Waals surface area contributed by atoms with Gasteiger partial charge >= 0.3 is 0 Å². The Balaban J connectivity index is 1.65. The summed E-state index contributed by atoms with van der Waals surface area (Å²) in [4.78, 5) is 21.3. The molecule has 0 N–H and O–H groups in total. The number of anilines is 1. The van der Waals surface area contributed by atoms with Gasteiger partial charge in [0.25, 0.3) is 5.91 Å². The van der Waals surface area contributed by atoms with Crippen LogP contribution >= 0.6 is 23.2 Å². The maximum Gasteiger partial charge on any atom is 0.255 e. The van der Waals surface area contributed by atoms with Crippen LogP contribution < -0.4 is 4.90 Å². The third-order valence-corrected chi connectivity index (χ3v) is 5.23. The van der Waals surface area contributed by atoms with E-state index in [0.29, 0.717) is 28.7 Å². The third-order valence-electron chi connectivity index (χ3n) is 4.66. The minimum absolute atomic E-state index is 0.0758. The second-order valence-electron chi connectivity index (χ2n) is 7.56. The van der Waals surface area contributed by atoms with Crippen molar-refractivity contribution in [3.8, 4) is 0 Å². The summed E-state index contributed by atoms with van der Waals surface area (Å²) in [7, 11) is 0. The zero-order valence-electron chi connectivity index (χ0n) is 15.3. The van der Waals surface area contributed by atoms with E-state index < -0.39 is 0 Å². The number of hydrogen-bond acceptors (Lipinski definition) is 3. The van der Waals surface area contributed by atoms with Crippen molar-refractivity contribution in [3.63, 3.8) is 0 Å². The zero-order chi connectivity index (χ0) is 18.9. The van der Waals surface area contributed by atoms with Gasteiger partial charge in [0.1, 0.15) is 5.82 Å². The molecule has 26 heavy (non-hydrogen) atoms. The molecule has 0 unspecified atom stereocenters. The van der Waals surface area contributed by atoms with Crippen molar-refractivity contribution in [1.29, 1.82) is 0 Å². The van der Waals surface area contributed by atoms with Crippen molar-refractivity contribution in [2.75, 3.05) is 31.1 Å². The molecule has 0 saturated carbocycles. The quantitative estimate of drug-likeness (QED) is 0.747. The van der Waals surface area contributed by atoms with Gasteiger partial charge < -0.3 is 9.80 Å². The highest BCUT2D eigenvalue weighted by atomic mass is 35.5. The highest BCUT2D eigenvalue weighted by molar-refractivity contribution is 6.35. The van der Waals surface area contributed by atoms with E-state index in [0.717, 1.165) is 18.9 Å². The molecule has 1 aliphatic heterocycles. The number of aromatic nitrogens is 1. The Hall–Kier alpha value is -1.78. The van der Waals surface area contributed by atoms with Gasteiger partial charge in [-0.1, -0.05) is 50.0 Å². The molecule has 1 amide bonds. The van der Waals surface area contributed by atoms with E-state index in [1.807, 2.05) is 11.1 Å². The van der Waals surface area contributed by atoms with E-state index in [1.165, 1.54) is 5.56 Å². The third kappa shape index (κ3) is 4.13. The lowest BCUT2D eigenvalue weighted by molar-refractivity contribution is 0.0746. The molecule has 0 atom stereocenters. The molecule has 0 spiro atoms. The molecule has 6 heteroatoms. The number of piperazine rings is 1. The Kier molecular flexibility index (Phi) is 5.44. The van der Waals surface area contributed by atoms with Gasteiger partial charge in [0, 0.05) is 37.4 Å². The molecular formula is C20H23Cl2N3O. The highest BCUT2D eigenvalue weighted by Crippen LogP contribution is 2.25. The summed E-state index contributed by atoms with van der Waals surface area (Å²) in [5.74, 6) is 0.874. The lowest BCUT2D eigenvalue weighted by Gasteiger charge is -2.35. The Morgan fingerprint density at radius 1 is 1.04 bits per heavy atom. The summed E-state index contributed by atoms with van der Waals surface area (Å²) < 4.78 is 0. The van der Waals surface area contributed by atoms with Gasteiger partial charge in [-0.3, -0.25) is 4.79 Å². The number of amides is 1. The van der Waals surface area contributed by atoms with Crippen LogP contribution in [-0.4, -0.2) is 42.0 Å². The predicted octanol–water partition coefficient (Wildman–Crippen LogP) is 4.65. The minimum atomic E-state index is -0.0758. The van der Waals surface area contributed by atoms with Crippen LogP contribution in [0.2, 0.25) is 10.0 Å². The van der Waals surface area contributed by atoms with E-state index in [9.17, 15) is 4.79 Å². The van der Waals surface area contributed by atoms with Crippen LogP contribution in [-0.2, 0) is 5.41 Å². The summed E-state index contributed by atoms with van der Waals surface area (Å²) in [6.45, 7) is 9.27. The number of carbonyl (C=O) groups is 1. The molecule has 3 rings (SSSR count). The Morgan fingerprint density at radius 3 is 2.31 bits per heavy atom. The fourth-order valence-corrected chi connectivity index (χ4v) is 3.36. The Labute approximate surface area is 164 Å². The standard InChI is InChI=1S/C20H23Cl2N3O/c1-20(2,3)14-4-7-18(23-13-14)24-8-10-25(11-9-24)19(26)16-12-15(21)5-6-17(16)22/h4-7,12-13H,8-11H2,1-3H3. The molecule has 1 aliphatic rings. The van der Waals surface area contributed by atoms with Crippen molar-refractivity contribution < 1.29 is 4.79 Å². The fourth-order valence-electron chi connectivity index (χ4n) is 2.99. The minimum Gasteiger partial charge on any atom is -0.353 e. The first kappa shape index (κ1) is 19.0. The van der Waals surface area contributed by atoms with Crippen molar-refractivity contribution in [3.05, 3.63) is 57.7 Å². The molecule has 4 nitrogen and oxygen atoms in total. The van der Waals surface area contributed by atoms with Gasteiger partial charge in [-0.25, -0.2) is 4.98 Å². The smallest absolute Gasteiger partial charge is 0.255 e. The summed E-state index contributed by atoms with van der Waals surface area (Å²) in [6.07, 6.45) is 1.94. The number of nitrogens with zero attached hydrogens (tertiary/aromatic N) is 3. The maximum atomic E-state index is 12.7. The van der Waals surface area contributed by atoms with Crippen molar-refractivity contribution in [2.45, 2.75) is 26.2 Å². The van der Waals surface area contributed by atoms with Crippen LogP contribution in [0.25, 0.3) is 0 Å². The topological polar surface area (TPSA) is 36.4 Å². The number of pyridine rings is 1. The average Bonchev–Trinajstić information content (AvgIpc) is 2.63. The van der Waals surface area contributed by atoms with Gasteiger partial charge in [-0.05, 0) is 35.2 Å². The van der Waals surface area contributed by atoms with Crippen LogP contribution in [0.5, 0.6) is 0 Å². The summed E-state index contributed by atoms with van der Waals surface area (Å²) in [5.41, 5.74) is 1.76. The lowest BCUT2D eigenvalue weighted by atomic mass is 9.88. The van der Waals surface area contributed by atoms with Crippen molar-refractivity contribution >= 4 is 34.9 Å². The molecule has 138 valence electrons. The average molecular weight is 392 g/mol. The van der Waals surface area contributed by atoms with Gasteiger partial charge in [0.05, 0.1) is 10.6 Å². The Morgan fingerprint density at radius 2 is 1.73 bits per heavy atom. The maximum absolute atomic E-state index is 12.7. The van der Waals surface area contributed by atoms with Gasteiger partial charge in [0.2, 0.25) is 0 Å². The molecule has 1 aromatic carbocycles. The fraction of sp³-hybridized carbons (Fsp3) is 0.400. The number of carbonyl (C=O) groups excluding carboxylic acids is 1. The second kappa shape index (κ2) is 7.45. The molecule has 0 aliphatic carbocycles. The normalized spacial score (nSPS) is 15.3. The van der Waals surface area contributed by atoms with Gasteiger partial charge in [0.15, 0.2) is 0 Å². The second-order valence-corrected chi connectivity index (χ2v) is 8.40. The Bertz CT molecular complexity index is 792. The monoisotopic (exact) mass is 391 g/mol. The van der Waals surface area contributed by atoms with Crippen LogP contribution in [0.3, 0.4) is 0 Å². The molecule has 0 bridgehead atoms.